The van der Waals surface area contributed by atoms with Gasteiger partial charge in [-0.25, -0.2) is 9.59 Å². The third-order valence-corrected chi connectivity index (χ3v) is 9.12. The smallest absolute Gasteiger partial charge is 0.341 e. The summed E-state index contributed by atoms with van der Waals surface area (Å²) in [6.07, 6.45) is 9.61. The Labute approximate surface area is 218 Å². The van der Waals surface area contributed by atoms with E-state index in [2.05, 4.69) is 10.6 Å². The van der Waals surface area contributed by atoms with Gasteiger partial charge in [0, 0.05) is 22.6 Å². The molecule has 194 valence electrons. The number of methoxy groups -OCH3 is 2. The lowest BCUT2D eigenvalue weighted by Crippen LogP contribution is -2.19. The van der Waals surface area contributed by atoms with E-state index >= 15 is 0 Å². The molecule has 2 aliphatic rings. The predicted octanol–water partition coefficient (Wildman–Crippen LogP) is 5.28. The summed E-state index contributed by atoms with van der Waals surface area (Å²) < 4.78 is 9.97. The van der Waals surface area contributed by atoms with Crippen molar-refractivity contribution < 1.29 is 28.7 Å². The number of nitrogens with one attached hydrogen (secondary N) is 2. The molecule has 0 atom stereocenters. The van der Waals surface area contributed by atoms with Crippen LogP contribution in [0.1, 0.15) is 93.0 Å². The number of aryl methyl sites for hydroxylation is 2. The molecule has 0 radical (unpaired) electrons. The number of amides is 2. The first-order valence-corrected chi connectivity index (χ1v) is 14.1. The van der Waals surface area contributed by atoms with Gasteiger partial charge in [0.2, 0.25) is 11.8 Å². The largest absolute Gasteiger partial charge is 0.465 e. The number of thiophene rings is 2. The van der Waals surface area contributed by atoms with E-state index in [1.165, 1.54) is 36.9 Å². The van der Waals surface area contributed by atoms with Gasteiger partial charge in [0.1, 0.15) is 10.0 Å². The Kier molecular flexibility index (Phi) is 8.79. The first-order valence-electron chi connectivity index (χ1n) is 12.5. The highest BCUT2D eigenvalue weighted by atomic mass is 32.1. The molecule has 2 aromatic heterocycles. The fourth-order valence-corrected chi connectivity index (χ4v) is 7.49. The van der Waals surface area contributed by atoms with Gasteiger partial charge in [-0.15, -0.1) is 22.7 Å². The third-order valence-electron chi connectivity index (χ3n) is 6.71. The van der Waals surface area contributed by atoms with Crippen molar-refractivity contribution in [2.75, 3.05) is 24.9 Å². The zero-order valence-electron chi connectivity index (χ0n) is 20.8. The standard InChI is InChI=1S/C26H32N2O6S2/c1-33-25(31)21-15-9-5-3-7-11-17(15)35-23(21)27-19(29)13-14-20(30)28-24-22(26(32)34-2)16-10-6-4-8-12-18(16)36-24/h3-14H2,1-2H3,(H,27,29)(H,28,30). The number of fused-ring (bicyclic) bond motifs is 2. The van der Waals surface area contributed by atoms with Crippen LogP contribution >= 0.6 is 22.7 Å². The van der Waals surface area contributed by atoms with Crippen molar-refractivity contribution >= 4 is 56.4 Å². The Morgan fingerprint density at radius 1 is 0.639 bits per heavy atom. The number of anilines is 2. The lowest BCUT2D eigenvalue weighted by atomic mass is 10.1. The molecule has 0 fully saturated rings. The second-order valence-corrected chi connectivity index (χ2v) is 11.3. The number of hydrogen-bond donors (Lipinski definition) is 2. The van der Waals surface area contributed by atoms with Crippen molar-refractivity contribution in [3.8, 4) is 0 Å². The second-order valence-electron chi connectivity index (χ2n) is 9.12. The van der Waals surface area contributed by atoms with E-state index in [0.717, 1.165) is 85.1 Å². The van der Waals surface area contributed by atoms with Gasteiger partial charge >= 0.3 is 11.9 Å². The molecule has 2 heterocycles. The molecule has 2 N–H and O–H groups in total. The Hall–Kier alpha value is -2.72. The summed E-state index contributed by atoms with van der Waals surface area (Å²) in [4.78, 5) is 52.6. The maximum absolute atomic E-state index is 12.7. The summed E-state index contributed by atoms with van der Waals surface area (Å²) in [6, 6.07) is 0. The Morgan fingerprint density at radius 2 is 1.03 bits per heavy atom. The van der Waals surface area contributed by atoms with E-state index in [9.17, 15) is 19.2 Å². The van der Waals surface area contributed by atoms with Crippen LogP contribution in [0.15, 0.2) is 0 Å². The number of ether oxygens (including phenoxy) is 2. The number of carbonyl (C=O) groups is 4. The molecule has 0 spiro atoms. The molecule has 0 bridgehead atoms. The van der Waals surface area contributed by atoms with Crippen LogP contribution in [-0.4, -0.2) is 38.0 Å². The molecule has 0 saturated carbocycles. The van der Waals surface area contributed by atoms with Gasteiger partial charge in [-0.05, 0) is 62.5 Å². The van der Waals surface area contributed by atoms with Gasteiger partial charge < -0.3 is 20.1 Å². The summed E-state index contributed by atoms with van der Waals surface area (Å²) >= 11 is 2.85. The summed E-state index contributed by atoms with van der Waals surface area (Å²) in [5.41, 5.74) is 2.84. The molecule has 36 heavy (non-hydrogen) atoms. The maximum Gasteiger partial charge on any atom is 0.341 e. The molecule has 2 aliphatic carbocycles. The fraction of sp³-hybridized carbons (Fsp3) is 0.538. The highest BCUT2D eigenvalue weighted by Crippen LogP contribution is 2.39. The number of hydrogen-bond acceptors (Lipinski definition) is 8. The molecule has 0 aromatic carbocycles. The van der Waals surface area contributed by atoms with Crippen molar-refractivity contribution in [3.05, 3.63) is 32.0 Å². The molecule has 0 saturated heterocycles. The Morgan fingerprint density at radius 3 is 1.42 bits per heavy atom. The van der Waals surface area contributed by atoms with Crippen LogP contribution in [0.2, 0.25) is 0 Å². The normalized spacial score (nSPS) is 15.1. The van der Waals surface area contributed by atoms with Crippen LogP contribution in [0.25, 0.3) is 0 Å². The number of rotatable bonds is 7. The van der Waals surface area contributed by atoms with E-state index in [4.69, 9.17) is 9.47 Å². The van der Waals surface area contributed by atoms with E-state index in [0.29, 0.717) is 21.1 Å². The quantitative estimate of drug-likeness (QED) is 0.371. The minimum atomic E-state index is -0.449. The third kappa shape index (κ3) is 5.81. The lowest BCUT2D eigenvalue weighted by Gasteiger charge is -2.09. The first kappa shape index (κ1) is 26.3. The predicted molar refractivity (Wildman–Crippen MR) is 140 cm³/mol. The average Bonchev–Trinajstić information content (AvgIpc) is 3.14. The highest BCUT2D eigenvalue weighted by molar-refractivity contribution is 7.17. The highest BCUT2D eigenvalue weighted by Gasteiger charge is 2.28. The SMILES string of the molecule is COC(=O)c1c(NC(=O)CCC(=O)Nc2sc3c(c2C(=O)OC)CCCCC3)sc2c1CCCCC2. The lowest BCUT2D eigenvalue weighted by molar-refractivity contribution is -0.121. The maximum atomic E-state index is 12.7. The molecule has 8 nitrogen and oxygen atoms in total. The van der Waals surface area contributed by atoms with Gasteiger partial charge in [-0.3, -0.25) is 9.59 Å². The second kappa shape index (κ2) is 12.0. The van der Waals surface area contributed by atoms with Crippen molar-refractivity contribution in [1.82, 2.24) is 0 Å². The fourth-order valence-electron chi connectivity index (χ4n) is 4.90. The zero-order chi connectivity index (χ0) is 25.7. The topological polar surface area (TPSA) is 111 Å². The van der Waals surface area contributed by atoms with Crippen LogP contribution in [0, 0.1) is 0 Å². The van der Waals surface area contributed by atoms with Gasteiger partial charge in [0.15, 0.2) is 0 Å². The van der Waals surface area contributed by atoms with Crippen molar-refractivity contribution in [1.29, 1.82) is 0 Å². The van der Waals surface area contributed by atoms with Crippen molar-refractivity contribution in [3.63, 3.8) is 0 Å². The summed E-state index contributed by atoms with van der Waals surface area (Å²) in [6.45, 7) is 0. The van der Waals surface area contributed by atoms with Crippen LogP contribution in [0.3, 0.4) is 0 Å². The van der Waals surface area contributed by atoms with Crippen LogP contribution < -0.4 is 10.6 Å². The minimum absolute atomic E-state index is 0.0480. The summed E-state index contributed by atoms with van der Waals surface area (Å²) in [7, 11) is 2.68. The van der Waals surface area contributed by atoms with E-state index in [1.54, 1.807) is 0 Å². The molecular formula is C26H32N2O6S2. The van der Waals surface area contributed by atoms with Crippen LogP contribution in [-0.2, 0) is 44.7 Å². The molecule has 2 aromatic rings. The minimum Gasteiger partial charge on any atom is -0.465 e. The average molecular weight is 533 g/mol. The summed E-state index contributed by atoms with van der Waals surface area (Å²) in [5.74, 6) is -1.59. The molecule has 0 unspecified atom stereocenters. The molecular weight excluding hydrogens is 500 g/mol. The van der Waals surface area contributed by atoms with Gasteiger partial charge in [-0.2, -0.15) is 0 Å². The molecule has 2 amide bonds. The zero-order valence-corrected chi connectivity index (χ0v) is 22.4. The molecule has 0 aliphatic heterocycles. The van der Waals surface area contributed by atoms with Crippen LogP contribution in [0.5, 0.6) is 0 Å². The van der Waals surface area contributed by atoms with Gasteiger partial charge in [0.25, 0.3) is 0 Å². The van der Waals surface area contributed by atoms with E-state index in [1.807, 2.05) is 0 Å². The first-order chi connectivity index (χ1) is 17.4. The molecule has 4 rings (SSSR count). The van der Waals surface area contributed by atoms with E-state index < -0.39 is 11.9 Å². The van der Waals surface area contributed by atoms with Crippen molar-refractivity contribution in [2.45, 2.75) is 77.0 Å². The Bertz CT molecular complexity index is 1080. The van der Waals surface area contributed by atoms with Crippen molar-refractivity contribution in [2.24, 2.45) is 0 Å². The Balaban J connectivity index is 1.42. The number of carbonyl (C=O) groups excluding carboxylic acids is 4. The van der Waals surface area contributed by atoms with Gasteiger partial charge in [0.05, 0.1) is 25.3 Å². The number of esters is 2. The monoisotopic (exact) mass is 532 g/mol. The van der Waals surface area contributed by atoms with Gasteiger partial charge in [-0.1, -0.05) is 12.8 Å². The van der Waals surface area contributed by atoms with E-state index in [-0.39, 0.29) is 24.7 Å². The van der Waals surface area contributed by atoms with Crippen LogP contribution in [0.4, 0.5) is 10.0 Å². The molecule has 10 heteroatoms. The summed E-state index contributed by atoms with van der Waals surface area (Å²) in [5, 5.41) is 6.66.